The molecule has 0 aliphatic rings. The topological polar surface area (TPSA) is 116 Å². The number of aromatic amines is 1. The molecule has 102 valence electrons. The second kappa shape index (κ2) is 5.54. The van der Waals surface area contributed by atoms with Gasteiger partial charge >= 0.3 is 0 Å². The van der Waals surface area contributed by atoms with Crippen molar-refractivity contribution in [3.8, 4) is 6.07 Å². The van der Waals surface area contributed by atoms with Gasteiger partial charge in [0.15, 0.2) is 5.82 Å². The van der Waals surface area contributed by atoms with E-state index >= 15 is 0 Å². The zero-order valence-corrected chi connectivity index (χ0v) is 11.0. The molecule has 1 aromatic heterocycles. The average molecular weight is 290 g/mol. The van der Waals surface area contributed by atoms with Gasteiger partial charge < -0.3 is 0 Å². The van der Waals surface area contributed by atoms with Crippen LogP contribution in [0.1, 0.15) is 11.1 Å². The normalized spacial score (nSPS) is 10.8. The van der Waals surface area contributed by atoms with E-state index in [1.165, 1.54) is 6.07 Å². The van der Waals surface area contributed by atoms with Crippen molar-refractivity contribution in [2.24, 2.45) is 0 Å². The van der Waals surface area contributed by atoms with Crippen molar-refractivity contribution in [2.75, 3.05) is 4.72 Å². The summed E-state index contributed by atoms with van der Waals surface area (Å²) < 4.78 is 26.2. The lowest BCUT2D eigenvalue weighted by Gasteiger charge is -2.07. The Morgan fingerprint density at radius 3 is 2.65 bits per heavy atom. The summed E-state index contributed by atoms with van der Waals surface area (Å²) in [4.78, 5) is 10.8. The Bertz CT molecular complexity index is 801. The quantitative estimate of drug-likeness (QED) is 0.854. The van der Waals surface area contributed by atoms with Crippen LogP contribution in [0.2, 0.25) is 0 Å². The van der Waals surface area contributed by atoms with Gasteiger partial charge in [0.05, 0.1) is 17.4 Å². The molecule has 8 heteroatoms. The van der Waals surface area contributed by atoms with E-state index in [9.17, 15) is 13.2 Å². The predicted octanol–water partition coefficient (Wildman–Crippen LogP) is 0.583. The van der Waals surface area contributed by atoms with Crippen molar-refractivity contribution >= 4 is 15.8 Å². The van der Waals surface area contributed by atoms with E-state index in [0.717, 1.165) is 6.07 Å². The van der Waals surface area contributed by atoms with Crippen LogP contribution in [0.25, 0.3) is 0 Å². The lowest BCUT2D eigenvalue weighted by molar-refractivity contribution is 0.600. The molecule has 1 aromatic carbocycles. The highest BCUT2D eigenvalue weighted by molar-refractivity contribution is 7.91. The van der Waals surface area contributed by atoms with Crippen LogP contribution < -0.4 is 10.3 Å². The smallest absolute Gasteiger partial charge is 0.264 e. The number of H-pyrrole nitrogens is 1. The highest BCUT2D eigenvalue weighted by Crippen LogP contribution is 2.13. The Morgan fingerprint density at radius 2 is 2.00 bits per heavy atom. The maximum absolute atomic E-state index is 12.0. The second-order valence-electron chi connectivity index (χ2n) is 3.94. The Balaban J connectivity index is 2.22. The molecule has 0 unspecified atom stereocenters. The van der Waals surface area contributed by atoms with Crippen LogP contribution in [-0.2, 0) is 15.8 Å². The predicted molar refractivity (Wildman–Crippen MR) is 72.3 cm³/mol. The molecule has 0 atom stereocenters. The Morgan fingerprint density at radius 1 is 1.25 bits per heavy atom. The molecule has 0 radical (unpaired) electrons. The number of sulfonamides is 1. The van der Waals surface area contributed by atoms with Crippen molar-refractivity contribution in [3.05, 3.63) is 57.9 Å². The van der Waals surface area contributed by atoms with Gasteiger partial charge in [0.25, 0.3) is 5.56 Å². The highest BCUT2D eigenvalue weighted by Gasteiger charge is 2.14. The molecule has 0 amide bonds. The van der Waals surface area contributed by atoms with E-state index in [1.807, 2.05) is 6.07 Å². The largest absolute Gasteiger partial charge is 0.268 e. The summed E-state index contributed by atoms with van der Waals surface area (Å²) in [6, 6.07) is 10.8. The minimum atomic E-state index is -3.72. The molecule has 2 N–H and O–H groups in total. The van der Waals surface area contributed by atoms with Crippen molar-refractivity contribution in [3.63, 3.8) is 0 Å². The molecule has 0 aliphatic carbocycles. The van der Waals surface area contributed by atoms with E-state index in [2.05, 4.69) is 14.9 Å². The first kappa shape index (κ1) is 13.8. The molecule has 0 fully saturated rings. The molecule has 0 aliphatic heterocycles. The van der Waals surface area contributed by atoms with E-state index in [-0.39, 0.29) is 11.6 Å². The van der Waals surface area contributed by atoms with Crippen LogP contribution in [0.3, 0.4) is 0 Å². The molecule has 0 bridgehead atoms. The molecule has 0 saturated carbocycles. The average Bonchev–Trinajstić information content (AvgIpc) is 2.41. The van der Waals surface area contributed by atoms with Crippen LogP contribution in [0.4, 0.5) is 5.82 Å². The Kier molecular flexibility index (Phi) is 3.81. The number of rotatable bonds is 4. The fraction of sp³-hybridized carbons (Fsp3) is 0.0833. The number of hydrogen-bond donors (Lipinski definition) is 2. The molecule has 2 aromatic rings. The van der Waals surface area contributed by atoms with Gasteiger partial charge in [-0.2, -0.15) is 10.4 Å². The van der Waals surface area contributed by atoms with E-state index in [0.29, 0.717) is 11.1 Å². The third kappa shape index (κ3) is 3.43. The number of nitriles is 1. The van der Waals surface area contributed by atoms with Crippen LogP contribution in [0, 0.1) is 11.3 Å². The number of benzene rings is 1. The highest BCUT2D eigenvalue weighted by atomic mass is 32.2. The Labute approximate surface area is 114 Å². The molecule has 7 nitrogen and oxygen atoms in total. The van der Waals surface area contributed by atoms with Crippen molar-refractivity contribution in [1.82, 2.24) is 10.2 Å². The van der Waals surface area contributed by atoms with Gasteiger partial charge in [-0.05, 0) is 17.7 Å². The van der Waals surface area contributed by atoms with Crippen molar-refractivity contribution < 1.29 is 8.42 Å². The fourth-order valence-corrected chi connectivity index (χ4v) is 2.72. The zero-order chi connectivity index (χ0) is 14.6. The minimum absolute atomic E-state index is 0.0130. The summed E-state index contributed by atoms with van der Waals surface area (Å²) >= 11 is 0. The first-order valence-electron chi connectivity index (χ1n) is 5.54. The number of nitrogens with zero attached hydrogens (tertiary/aromatic N) is 2. The molecule has 2 rings (SSSR count). The zero-order valence-electron chi connectivity index (χ0n) is 10.2. The summed E-state index contributed by atoms with van der Waals surface area (Å²) in [6.45, 7) is 0. The summed E-state index contributed by atoms with van der Waals surface area (Å²) in [5.74, 6) is -0.337. The monoisotopic (exact) mass is 290 g/mol. The summed E-state index contributed by atoms with van der Waals surface area (Å²) in [6.07, 6.45) is 0. The van der Waals surface area contributed by atoms with Crippen LogP contribution >= 0.6 is 0 Å². The van der Waals surface area contributed by atoms with Gasteiger partial charge in [-0.3, -0.25) is 9.52 Å². The lowest BCUT2D eigenvalue weighted by Crippen LogP contribution is -2.18. The number of hydrogen-bond acceptors (Lipinski definition) is 5. The molecule has 20 heavy (non-hydrogen) atoms. The standard InChI is InChI=1S/C12H10N4O3S/c13-7-9-3-1-2-4-10(9)8-20(18,19)16-11-5-6-12(17)15-14-11/h1-6H,8H2,(H,14,16)(H,15,17). The van der Waals surface area contributed by atoms with Gasteiger partial charge in [-0.25, -0.2) is 13.5 Å². The fourth-order valence-electron chi connectivity index (χ4n) is 1.56. The Hall–Kier alpha value is -2.66. The van der Waals surface area contributed by atoms with E-state index in [1.54, 1.807) is 24.3 Å². The third-order valence-corrected chi connectivity index (χ3v) is 3.63. The van der Waals surface area contributed by atoms with Crippen LogP contribution in [0.5, 0.6) is 0 Å². The molecular formula is C12H10N4O3S. The van der Waals surface area contributed by atoms with Crippen molar-refractivity contribution in [1.29, 1.82) is 5.26 Å². The molecular weight excluding hydrogens is 280 g/mol. The van der Waals surface area contributed by atoms with Crippen LogP contribution in [0.15, 0.2) is 41.2 Å². The summed E-state index contributed by atoms with van der Waals surface area (Å²) in [5, 5.41) is 14.6. The maximum atomic E-state index is 12.0. The summed E-state index contributed by atoms with van der Waals surface area (Å²) in [7, 11) is -3.72. The number of aromatic nitrogens is 2. The first-order chi connectivity index (χ1) is 9.50. The van der Waals surface area contributed by atoms with E-state index in [4.69, 9.17) is 5.26 Å². The maximum Gasteiger partial charge on any atom is 0.264 e. The van der Waals surface area contributed by atoms with Gasteiger partial charge in [-0.15, -0.1) is 0 Å². The first-order valence-corrected chi connectivity index (χ1v) is 7.19. The molecule has 0 spiro atoms. The molecule has 0 saturated heterocycles. The summed E-state index contributed by atoms with van der Waals surface area (Å²) in [5.41, 5.74) is 0.266. The molecule has 1 heterocycles. The minimum Gasteiger partial charge on any atom is -0.268 e. The SMILES string of the molecule is N#Cc1ccccc1CS(=O)(=O)Nc1ccc(=O)[nH]n1. The van der Waals surface area contributed by atoms with Gasteiger partial charge in [-0.1, -0.05) is 18.2 Å². The van der Waals surface area contributed by atoms with Gasteiger partial charge in [0, 0.05) is 6.07 Å². The van der Waals surface area contributed by atoms with Gasteiger partial charge in [0.1, 0.15) is 0 Å². The van der Waals surface area contributed by atoms with Gasteiger partial charge in [0.2, 0.25) is 10.0 Å². The lowest BCUT2D eigenvalue weighted by atomic mass is 10.1. The van der Waals surface area contributed by atoms with Crippen LogP contribution in [-0.4, -0.2) is 18.6 Å². The second-order valence-corrected chi connectivity index (χ2v) is 5.66. The number of nitrogens with one attached hydrogen (secondary N) is 2. The number of anilines is 1. The third-order valence-electron chi connectivity index (χ3n) is 2.42. The van der Waals surface area contributed by atoms with E-state index < -0.39 is 15.6 Å². The van der Waals surface area contributed by atoms with Crippen molar-refractivity contribution in [2.45, 2.75) is 5.75 Å².